The van der Waals surface area contributed by atoms with Crippen LogP contribution >= 0.6 is 11.8 Å². The summed E-state index contributed by atoms with van der Waals surface area (Å²) in [5.74, 6) is 0. The first kappa shape index (κ1) is 18.4. The fourth-order valence-electron chi connectivity index (χ4n) is 4.50. The second-order valence-electron chi connectivity index (χ2n) is 7.91. The Morgan fingerprint density at radius 1 is 1.14 bits per heavy atom. The third-order valence-electron chi connectivity index (χ3n) is 5.88. The van der Waals surface area contributed by atoms with E-state index >= 15 is 0 Å². The molecule has 1 fully saturated rings. The highest BCUT2D eigenvalue weighted by molar-refractivity contribution is 8.14. The topological polar surface area (TPSA) is 46.3 Å². The van der Waals surface area contributed by atoms with Gasteiger partial charge in [0, 0.05) is 48.3 Å². The Hall–Kier alpha value is -2.60. The molecule has 5 rings (SSSR count). The summed E-state index contributed by atoms with van der Waals surface area (Å²) in [6.07, 6.45) is 5.65. The summed E-state index contributed by atoms with van der Waals surface area (Å²) in [5.41, 5.74) is 6.20. The van der Waals surface area contributed by atoms with Gasteiger partial charge in [0.05, 0.1) is 11.7 Å². The van der Waals surface area contributed by atoms with Crippen LogP contribution in [0, 0.1) is 13.8 Å². The monoisotopic (exact) mass is 403 g/mol. The summed E-state index contributed by atoms with van der Waals surface area (Å²) in [7, 11) is 0. The van der Waals surface area contributed by atoms with Crippen molar-refractivity contribution in [1.82, 2.24) is 19.4 Å². The molecule has 0 bridgehead atoms. The largest absolute Gasteiger partial charge is 0.344 e. The molecule has 0 aliphatic carbocycles. The lowest BCUT2D eigenvalue weighted by atomic mass is 9.96. The predicted molar refractivity (Wildman–Crippen MR) is 118 cm³/mol. The molecule has 0 amide bonds. The second-order valence-corrected chi connectivity index (χ2v) is 9.32. The van der Waals surface area contributed by atoms with Crippen LogP contribution in [0.25, 0.3) is 0 Å². The van der Waals surface area contributed by atoms with Gasteiger partial charge in [-0.2, -0.15) is 0 Å². The molecular formula is C23H25N5S. The molecule has 3 aromatic rings. The molecule has 148 valence electrons. The van der Waals surface area contributed by atoms with E-state index in [4.69, 9.17) is 4.99 Å². The van der Waals surface area contributed by atoms with Crippen molar-refractivity contribution in [3.63, 3.8) is 0 Å². The number of pyridine rings is 2. The number of aromatic nitrogens is 3. The minimum atomic E-state index is 0.0403. The maximum absolute atomic E-state index is 5.12. The van der Waals surface area contributed by atoms with E-state index < -0.39 is 0 Å². The van der Waals surface area contributed by atoms with Crippen LogP contribution in [0.2, 0.25) is 0 Å². The third-order valence-corrected chi connectivity index (χ3v) is 6.98. The number of aryl methyl sites for hydroxylation is 1. The number of hydrogen-bond donors (Lipinski definition) is 0. The molecule has 3 aromatic heterocycles. The van der Waals surface area contributed by atoms with Crippen molar-refractivity contribution in [2.45, 2.75) is 44.6 Å². The van der Waals surface area contributed by atoms with E-state index in [1.54, 1.807) is 0 Å². The van der Waals surface area contributed by atoms with Gasteiger partial charge < -0.3 is 9.47 Å². The molecule has 0 N–H and O–H groups in total. The van der Waals surface area contributed by atoms with Crippen LogP contribution in [-0.2, 0) is 6.54 Å². The Morgan fingerprint density at radius 3 is 2.79 bits per heavy atom. The van der Waals surface area contributed by atoms with Gasteiger partial charge in [0.1, 0.15) is 6.04 Å². The van der Waals surface area contributed by atoms with Crippen molar-refractivity contribution in [3.8, 4) is 0 Å². The first-order valence-corrected chi connectivity index (χ1v) is 11.0. The van der Waals surface area contributed by atoms with Crippen LogP contribution in [0.1, 0.15) is 47.2 Å². The smallest absolute Gasteiger partial charge is 0.160 e. The SMILES string of the molecule is Cc1cc([C@@H]2[C@@H](c3ccccn3)N=C3S[C@H](C)CN32)c(C)n1Cc1cccnc1. The van der Waals surface area contributed by atoms with E-state index in [1.807, 2.05) is 42.5 Å². The molecule has 2 aliphatic heterocycles. The number of aliphatic imine (C=N–C) groups is 1. The van der Waals surface area contributed by atoms with E-state index in [9.17, 15) is 0 Å². The highest BCUT2D eigenvalue weighted by Gasteiger charge is 2.44. The first-order chi connectivity index (χ1) is 14.1. The molecule has 29 heavy (non-hydrogen) atoms. The van der Waals surface area contributed by atoms with Crippen LogP contribution in [0.5, 0.6) is 0 Å². The molecular weight excluding hydrogens is 378 g/mol. The van der Waals surface area contributed by atoms with E-state index in [2.05, 4.69) is 64.5 Å². The summed E-state index contributed by atoms with van der Waals surface area (Å²) in [5, 5.41) is 1.73. The minimum absolute atomic E-state index is 0.0403. The minimum Gasteiger partial charge on any atom is -0.344 e. The molecule has 5 heterocycles. The van der Waals surface area contributed by atoms with Crippen LogP contribution in [0.15, 0.2) is 60.0 Å². The molecule has 6 heteroatoms. The Morgan fingerprint density at radius 2 is 2.03 bits per heavy atom. The number of thioether (sulfide) groups is 1. The van der Waals surface area contributed by atoms with Crippen molar-refractivity contribution in [2.75, 3.05) is 6.54 Å². The summed E-state index contributed by atoms with van der Waals surface area (Å²) in [4.78, 5) is 16.5. The van der Waals surface area contributed by atoms with Crippen LogP contribution in [-0.4, -0.2) is 36.4 Å². The summed E-state index contributed by atoms with van der Waals surface area (Å²) < 4.78 is 2.40. The average molecular weight is 404 g/mol. The van der Waals surface area contributed by atoms with E-state index in [0.29, 0.717) is 5.25 Å². The van der Waals surface area contributed by atoms with Crippen molar-refractivity contribution >= 4 is 16.9 Å². The highest BCUT2D eigenvalue weighted by Crippen LogP contribution is 2.48. The van der Waals surface area contributed by atoms with Gasteiger partial charge in [-0.15, -0.1) is 0 Å². The number of hydrogen-bond acceptors (Lipinski definition) is 5. The van der Waals surface area contributed by atoms with Gasteiger partial charge in [0.25, 0.3) is 0 Å². The predicted octanol–water partition coefficient (Wildman–Crippen LogP) is 4.53. The van der Waals surface area contributed by atoms with Crippen LogP contribution < -0.4 is 0 Å². The molecule has 0 aromatic carbocycles. The maximum atomic E-state index is 5.12. The lowest BCUT2D eigenvalue weighted by molar-refractivity contribution is 0.320. The lowest BCUT2D eigenvalue weighted by Gasteiger charge is -2.27. The quantitative estimate of drug-likeness (QED) is 0.642. The molecule has 0 spiro atoms. The van der Waals surface area contributed by atoms with Crippen molar-refractivity contribution in [3.05, 3.63) is 83.2 Å². The average Bonchev–Trinajstić information content (AvgIpc) is 3.35. The summed E-state index contributed by atoms with van der Waals surface area (Å²) >= 11 is 1.89. The zero-order valence-corrected chi connectivity index (χ0v) is 17.8. The normalized spacial score (nSPS) is 23.3. The standard InChI is InChI=1S/C23H25N5S/c1-15-11-19(17(3)27(15)14-18-7-6-9-24-12-18)22-21(20-8-4-5-10-25-20)26-23-28(22)13-16(2)29-23/h4-12,16,21-22H,13-14H2,1-3H3/t16-,21-,22-/m1/s1. The van der Waals surface area contributed by atoms with Gasteiger partial charge in [-0.1, -0.05) is 30.8 Å². The molecule has 0 saturated carbocycles. The second kappa shape index (κ2) is 7.34. The zero-order chi connectivity index (χ0) is 20.0. The van der Waals surface area contributed by atoms with Crippen molar-refractivity contribution < 1.29 is 0 Å². The number of fused-ring (bicyclic) bond motifs is 1. The van der Waals surface area contributed by atoms with E-state index in [0.717, 1.165) is 24.0 Å². The molecule has 3 atom stereocenters. The lowest BCUT2D eigenvalue weighted by Crippen LogP contribution is -2.29. The molecule has 0 unspecified atom stereocenters. The fraction of sp³-hybridized carbons (Fsp3) is 0.348. The van der Waals surface area contributed by atoms with Crippen molar-refractivity contribution in [2.24, 2.45) is 4.99 Å². The maximum Gasteiger partial charge on any atom is 0.160 e. The Kier molecular flexibility index (Phi) is 4.66. The zero-order valence-electron chi connectivity index (χ0n) is 17.0. The van der Waals surface area contributed by atoms with Gasteiger partial charge in [-0.3, -0.25) is 15.0 Å². The van der Waals surface area contributed by atoms with Gasteiger partial charge in [0.2, 0.25) is 0 Å². The van der Waals surface area contributed by atoms with Gasteiger partial charge in [-0.25, -0.2) is 0 Å². The molecule has 2 aliphatic rings. The van der Waals surface area contributed by atoms with Gasteiger partial charge in [0.15, 0.2) is 5.17 Å². The number of rotatable bonds is 4. The molecule has 1 saturated heterocycles. The third kappa shape index (κ3) is 3.25. The Labute approximate surface area is 175 Å². The number of amidine groups is 1. The van der Waals surface area contributed by atoms with E-state index in [1.165, 1.54) is 22.5 Å². The number of nitrogens with zero attached hydrogens (tertiary/aromatic N) is 5. The summed E-state index contributed by atoms with van der Waals surface area (Å²) in [6, 6.07) is 12.9. The van der Waals surface area contributed by atoms with Gasteiger partial charge in [-0.05, 0) is 49.2 Å². The van der Waals surface area contributed by atoms with Crippen LogP contribution in [0.3, 0.4) is 0 Å². The van der Waals surface area contributed by atoms with Gasteiger partial charge >= 0.3 is 0 Å². The Bertz CT molecular complexity index is 1040. The fourth-order valence-corrected chi connectivity index (χ4v) is 5.59. The first-order valence-electron chi connectivity index (χ1n) is 10.1. The van der Waals surface area contributed by atoms with E-state index in [-0.39, 0.29) is 12.1 Å². The summed E-state index contributed by atoms with van der Waals surface area (Å²) in [6.45, 7) is 8.58. The molecule has 0 radical (unpaired) electrons. The highest BCUT2D eigenvalue weighted by atomic mass is 32.2. The van der Waals surface area contributed by atoms with Crippen molar-refractivity contribution in [1.29, 1.82) is 0 Å². The Balaban J connectivity index is 1.55. The van der Waals surface area contributed by atoms with Crippen LogP contribution in [0.4, 0.5) is 0 Å². The molecule has 5 nitrogen and oxygen atoms in total.